The van der Waals surface area contributed by atoms with Crippen molar-refractivity contribution in [1.29, 1.82) is 0 Å². The Morgan fingerprint density at radius 2 is 1.80 bits per heavy atom. The highest BCUT2D eigenvalue weighted by atomic mass is 35.5. The number of phenolic OH excluding ortho intramolecular Hbond substituents is 1. The van der Waals surface area contributed by atoms with Crippen LogP contribution in [0.3, 0.4) is 0 Å². The minimum absolute atomic E-state index is 0.0248. The second-order valence-corrected chi connectivity index (χ2v) is 7.69. The molecule has 3 rings (SSSR count). The molecule has 0 radical (unpaired) electrons. The number of aromatic hydroxyl groups is 1. The molecule has 0 unspecified atom stereocenters. The molecule has 0 spiro atoms. The van der Waals surface area contributed by atoms with Gasteiger partial charge in [0.05, 0.1) is 17.0 Å². The summed E-state index contributed by atoms with van der Waals surface area (Å²) in [6.45, 7) is 5.81. The minimum Gasteiger partial charge on any atom is -0.507 e. The van der Waals surface area contributed by atoms with Gasteiger partial charge >= 0.3 is 6.18 Å². The van der Waals surface area contributed by atoms with E-state index in [9.17, 15) is 32.3 Å². The van der Waals surface area contributed by atoms with Crippen molar-refractivity contribution in [2.75, 3.05) is 10.6 Å². The number of anilines is 2. The summed E-state index contributed by atoms with van der Waals surface area (Å²) >= 11 is 5.88. The van der Waals surface area contributed by atoms with Crippen molar-refractivity contribution in [1.82, 2.24) is 15.2 Å². The molecular weight excluding hydrogens is 494 g/mol. The maximum atomic E-state index is 14.7. The number of aromatic amines is 1. The zero-order chi connectivity index (χ0) is 26.5. The normalized spacial score (nSPS) is 10.9. The molecule has 188 valence electrons. The highest BCUT2D eigenvalue weighted by molar-refractivity contribution is 6.33. The number of halogens is 5. The van der Waals surface area contributed by atoms with Crippen molar-refractivity contribution < 1.29 is 32.3 Å². The Morgan fingerprint density at radius 1 is 1.17 bits per heavy atom. The summed E-state index contributed by atoms with van der Waals surface area (Å²) < 4.78 is 47.1. The Kier molecular flexibility index (Phi) is 8.80. The third kappa shape index (κ3) is 7.41. The molecule has 2 heterocycles. The zero-order valence-electron chi connectivity index (χ0n) is 19.1. The molecule has 2 aromatic heterocycles. The van der Waals surface area contributed by atoms with Crippen molar-refractivity contribution >= 4 is 34.9 Å². The first-order chi connectivity index (χ1) is 16.2. The third-order valence-corrected chi connectivity index (χ3v) is 4.81. The number of pyridine rings is 1. The van der Waals surface area contributed by atoms with Crippen molar-refractivity contribution in [3.05, 3.63) is 52.1 Å². The molecule has 0 fully saturated rings. The summed E-state index contributed by atoms with van der Waals surface area (Å²) in [6, 6.07) is 5.22. The fourth-order valence-corrected chi connectivity index (χ4v) is 2.87. The second-order valence-electron chi connectivity index (χ2n) is 7.33. The van der Waals surface area contributed by atoms with Crippen LogP contribution in [0.2, 0.25) is 5.15 Å². The lowest BCUT2D eigenvalue weighted by Crippen LogP contribution is -2.13. The van der Waals surface area contributed by atoms with Gasteiger partial charge in [-0.15, -0.1) is 0 Å². The molecule has 35 heavy (non-hydrogen) atoms. The van der Waals surface area contributed by atoms with Crippen LogP contribution < -0.4 is 10.6 Å². The van der Waals surface area contributed by atoms with Crippen molar-refractivity contribution in [2.45, 2.75) is 40.3 Å². The van der Waals surface area contributed by atoms with Gasteiger partial charge in [-0.2, -0.15) is 18.3 Å². The van der Waals surface area contributed by atoms with Crippen molar-refractivity contribution in [3.8, 4) is 17.0 Å². The number of carbonyl (C=O) groups excluding carboxylic acids is 2. The SMILES string of the molecule is CC(=O)Nc1nc(-c2cc(O)c(C(=O)Nc3c(Cl)n[nH]c3C)cc2F)ccc1C.CCC(F)(F)F. The van der Waals surface area contributed by atoms with Crippen LogP contribution in [-0.4, -0.2) is 38.3 Å². The van der Waals surface area contributed by atoms with Crippen LogP contribution in [0.5, 0.6) is 5.75 Å². The molecule has 0 atom stereocenters. The Balaban J connectivity index is 0.000000641. The lowest BCUT2D eigenvalue weighted by Gasteiger charge is -2.11. The molecule has 0 bridgehead atoms. The van der Waals surface area contributed by atoms with Crippen molar-refractivity contribution in [2.24, 2.45) is 0 Å². The number of nitrogens with one attached hydrogen (secondary N) is 3. The van der Waals surface area contributed by atoms with E-state index in [2.05, 4.69) is 25.8 Å². The van der Waals surface area contributed by atoms with Crippen LogP contribution >= 0.6 is 11.6 Å². The first-order valence-electron chi connectivity index (χ1n) is 10.1. The summed E-state index contributed by atoms with van der Waals surface area (Å²) in [5, 5.41) is 21.7. The van der Waals surface area contributed by atoms with Gasteiger partial charge in [-0.3, -0.25) is 14.7 Å². The lowest BCUT2D eigenvalue weighted by atomic mass is 10.0. The molecule has 0 saturated carbocycles. The highest BCUT2D eigenvalue weighted by Gasteiger charge is 2.22. The largest absolute Gasteiger partial charge is 0.507 e. The number of phenols is 1. The maximum Gasteiger partial charge on any atom is 0.388 e. The van der Waals surface area contributed by atoms with Crippen LogP contribution in [0.25, 0.3) is 11.3 Å². The van der Waals surface area contributed by atoms with Gasteiger partial charge in [-0.1, -0.05) is 24.6 Å². The Hall–Kier alpha value is -3.67. The summed E-state index contributed by atoms with van der Waals surface area (Å²) in [5.74, 6) is -2.01. The molecule has 0 saturated heterocycles. The van der Waals surface area contributed by atoms with Crippen LogP contribution in [0, 0.1) is 19.7 Å². The fraction of sp³-hybridized carbons (Fsp3) is 0.273. The topological polar surface area (TPSA) is 120 Å². The van der Waals surface area contributed by atoms with E-state index in [1.165, 1.54) is 6.92 Å². The number of nitrogens with zero attached hydrogens (tertiary/aromatic N) is 2. The Morgan fingerprint density at radius 3 is 2.31 bits per heavy atom. The molecule has 3 aromatic rings. The van der Waals surface area contributed by atoms with E-state index in [4.69, 9.17) is 11.6 Å². The lowest BCUT2D eigenvalue weighted by molar-refractivity contribution is -0.130. The average molecular weight is 516 g/mol. The van der Waals surface area contributed by atoms with E-state index < -0.39 is 30.1 Å². The van der Waals surface area contributed by atoms with Crippen LogP contribution in [0.15, 0.2) is 24.3 Å². The number of aryl methyl sites for hydroxylation is 2. The molecule has 8 nitrogen and oxygen atoms in total. The number of H-pyrrole nitrogens is 1. The summed E-state index contributed by atoms with van der Waals surface area (Å²) in [6.07, 6.45) is -4.69. The monoisotopic (exact) mass is 515 g/mol. The third-order valence-electron chi connectivity index (χ3n) is 4.54. The van der Waals surface area contributed by atoms with E-state index in [0.717, 1.165) is 19.1 Å². The molecular formula is C22H22ClF4N5O3. The van der Waals surface area contributed by atoms with E-state index in [-0.39, 0.29) is 39.4 Å². The van der Waals surface area contributed by atoms with Crippen LogP contribution in [0.1, 0.15) is 41.9 Å². The number of rotatable bonds is 4. The highest BCUT2D eigenvalue weighted by Crippen LogP contribution is 2.31. The first-order valence-corrected chi connectivity index (χ1v) is 10.5. The van der Waals surface area contributed by atoms with Crippen molar-refractivity contribution in [3.63, 3.8) is 0 Å². The number of alkyl halides is 3. The van der Waals surface area contributed by atoms with Gasteiger partial charge in [0, 0.05) is 18.9 Å². The molecule has 1 aromatic carbocycles. The van der Waals surface area contributed by atoms with E-state index in [1.54, 1.807) is 26.0 Å². The summed E-state index contributed by atoms with van der Waals surface area (Å²) in [7, 11) is 0. The maximum absolute atomic E-state index is 14.7. The van der Waals surface area contributed by atoms with Gasteiger partial charge in [0.15, 0.2) is 5.15 Å². The molecule has 13 heteroatoms. The number of hydrogen-bond donors (Lipinski definition) is 4. The van der Waals surface area contributed by atoms with Gasteiger partial charge in [-0.25, -0.2) is 9.37 Å². The number of carbonyl (C=O) groups is 2. The summed E-state index contributed by atoms with van der Waals surface area (Å²) in [4.78, 5) is 28.0. The van der Waals surface area contributed by atoms with E-state index >= 15 is 0 Å². The average Bonchev–Trinajstić information content (AvgIpc) is 3.08. The van der Waals surface area contributed by atoms with Gasteiger partial charge in [0.1, 0.15) is 23.1 Å². The molecule has 4 N–H and O–H groups in total. The van der Waals surface area contributed by atoms with Gasteiger partial charge < -0.3 is 15.7 Å². The van der Waals surface area contributed by atoms with E-state index in [1.807, 2.05) is 0 Å². The number of aromatic nitrogens is 3. The van der Waals surface area contributed by atoms with Crippen LogP contribution in [0.4, 0.5) is 29.1 Å². The Bertz CT molecular complexity index is 1230. The number of hydrogen-bond acceptors (Lipinski definition) is 5. The zero-order valence-corrected chi connectivity index (χ0v) is 19.8. The molecule has 0 aliphatic carbocycles. The number of amides is 2. The molecule has 0 aliphatic rings. The van der Waals surface area contributed by atoms with Gasteiger partial charge in [0.25, 0.3) is 5.91 Å². The standard InChI is InChI=1S/C19H17ClFN5O3.C3H5F3/c1-8-4-5-14(23-18(8)22-10(3)27)11-7-15(28)12(6-13(11)21)19(29)24-16-9(2)25-26-17(16)20;1-2-3(4,5)6/h4-7,28H,1-3H3,(H,24,29)(H,25,26)(H,22,23,27);2H2,1H3. The quantitative estimate of drug-likeness (QED) is 0.329. The van der Waals surface area contributed by atoms with Gasteiger partial charge in [0.2, 0.25) is 5.91 Å². The van der Waals surface area contributed by atoms with E-state index in [0.29, 0.717) is 11.3 Å². The molecule has 0 aliphatic heterocycles. The predicted octanol–water partition coefficient (Wildman–Crippen LogP) is 5.76. The van der Waals surface area contributed by atoms with Crippen LogP contribution in [-0.2, 0) is 4.79 Å². The Labute approximate surface area is 202 Å². The predicted molar refractivity (Wildman–Crippen MR) is 123 cm³/mol. The first kappa shape index (κ1) is 27.6. The number of benzene rings is 1. The summed E-state index contributed by atoms with van der Waals surface area (Å²) in [5.41, 5.74) is 1.32. The van der Waals surface area contributed by atoms with Gasteiger partial charge in [-0.05, 0) is 37.6 Å². The molecule has 2 amide bonds. The minimum atomic E-state index is -3.96. The smallest absolute Gasteiger partial charge is 0.388 e. The second kappa shape index (κ2) is 11.2. The fourth-order valence-electron chi connectivity index (χ4n) is 2.64.